The minimum absolute atomic E-state index is 0.0327. The maximum atomic E-state index is 12.1. The van der Waals surface area contributed by atoms with Gasteiger partial charge in [-0.1, -0.05) is 42.5 Å². The van der Waals surface area contributed by atoms with E-state index in [4.69, 9.17) is 4.74 Å². The van der Waals surface area contributed by atoms with Crippen molar-refractivity contribution in [3.8, 4) is 5.75 Å². The van der Waals surface area contributed by atoms with Crippen molar-refractivity contribution in [2.24, 2.45) is 0 Å². The number of hydrogen-bond acceptors (Lipinski definition) is 3. The van der Waals surface area contributed by atoms with Gasteiger partial charge in [-0.05, 0) is 24.6 Å². The van der Waals surface area contributed by atoms with Gasteiger partial charge in [0.2, 0.25) is 5.91 Å². The van der Waals surface area contributed by atoms with E-state index in [1.165, 1.54) is 0 Å². The van der Waals surface area contributed by atoms with Crippen molar-refractivity contribution in [1.82, 2.24) is 0 Å². The van der Waals surface area contributed by atoms with Gasteiger partial charge in [-0.3, -0.25) is 4.79 Å². The first kappa shape index (κ1) is 15.1. The van der Waals surface area contributed by atoms with Crippen LogP contribution in [0.5, 0.6) is 5.75 Å². The van der Waals surface area contributed by atoms with Crippen LogP contribution in [0.25, 0.3) is 0 Å². The Hall–Kier alpha value is -2.33. The topological polar surface area (TPSA) is 58.6 Å². The van der Waals surface area contributed by atoms with Gasteiger partial charge in [0.1, 0.15) is 5.75 Å². The molecule has 1 unspecified atom stereocenters. The largest absolute Gasteiger partial charge is 0.495 e. The molecule has 0 spiro atoms. The summed E-state index contributed by atoms with van der Waals surface area (Å²) in [5.41, 5.74) is 0.0851. The first-order valence-corrected chi connectivity index (χ1v) is 6.74. The third kappa shape index (κ3) is 3.83. The fourth-order valence-corrected chi connectivity index (χ4v) is 2.15. The lowest BCUT2D eigenvalue weighted by atomic mass is 9.92. The number of carbonyl (C=O) groups is 1. The van der Waals surface area contributed by atoms with Crippen molar-refractivity contribution in [2.75, 3.05) is 12.4 Å². The molecule has 2 rings (SSSR count). The van der Waals surface area contributed by atoms with Crippen LogP contribution < -0.4 is 10.1 Å². The van der Waals surface area contributed by atoms with Crippen LogP contribution in [0.4, 0.5) is 5.69 Å². The zero-order valence-corrected chi connectivity index (χ0v) is 12.2. The Bertz CT molecular complexity index is 608. The second-order valence-corrected chi connectivity index (χ2v) is 5.07. The quantitative estimate of drug-likeness (QED) is 0.888. The maximum Gasteiger partial charge on any atom is 0.227 e. The number of para-hydroxylation sites is 2. The summed E-state index contributed by atoms with van der Waals surface area (Å²) in [6.45, 7) is 1.63. The fourth-order valence-electron chi connectivity index (χ4n) is 2.15. The normalized spacial score (nSPS) is 13.3. The molecule has 0 heterocycles. The summed E-state index contributed by atoms with van der Waals surface area (Å²) in [5, 5.41) is 13.2. The number of anilines is 1. The first-order valence-electron chi connectivity index (χ1n) is 6.74. The van der Waals surface area contributed by atoms with E-state index in [1.54, 1.807) is 38.3 Å². The number of benzene rings is 2. The smallest absolute Gasteiger partial charge is 0.227 e. The number of ether oxygens (including phenoxy) is 1. The van der Waals surface area contributed by atoms with Crippen molar-refractivity contribution in [2.45, 2.75) is 18.9 Å². The van der Waals surface area contributed by atoms with Crippen molar-refractivity contribution in [1.29, 1.82) is 0 Å². The SMILES string of the molecule is COc1ccccc1NC(=O)CC(C)(O)c1ccccc1. The van der Waals surface area contributed by atoms with Gasteiger partial charge >= 0.3 is 0 Å². The van der Waals surface area contributed by atoms with E-state index >= 15 is 0 Å². The van der Waals surface area contributed by atoms with E-state index in [0.29, 0.717) is 17.0 Å². The van der Waals surface area contributed by atoms with Crippen LogP contribution in [-0.2, 0) is 10.4 Å². The van der Waals surface area contributed by atoms with Gasteiger partial charge in [0.25, 0.3) is 0 Å². The van der Waals surface area contributed by atoms with Gasteiger partial charge in [0.15, 0.2) is 0 Å². The molecule has 0 aliphatic carbocycles. The van der Waals surface area contributed by atoms with Crippen LogP contribution in [0.1, 0.15) is 18.9 Å². The third-order valence-electron chi connectivity index (χ3n) is 3.28. The molecule has 0 saturated heterocycles. The maximum absolute atomic E-state index is 12.1. The van der Waals surface area contributed by atoms with Crippen LogP contribution in [0.2, 0.25) is 0 Å². The Morgan fingerprint density at radius 2 is 1.76 bits per heavy atom. The van der Waals surface area contributed by atoms with Gasteiger partial charge in [0, 0.05) is 0 Å². The third-order valence-corrected chi connectivity index (χ3v) is 3.28. The molecule has 4 heteroatoms. The standard InChI is InChI=1S/C17H19NO3/c1-17(20,13-8-4-3-5-9-13)12-16(19)18-14-10-6-7-11-15(14)21-2/h3-11,20H,12H2,1-2H3,(H,18,19). The average molecular weight is 285 g/mol. The minimum atomic E-state index is -1.21. The fraction of sp³-hybridized carbons (Fsp3) is 0.235. The predicted octanol–water partition coefficient (Wildman–Crippen LogP) is 2.93. The molecular formula is C17H19NO3. The second-order valence-electron chi connectivity index (χ2n) is 5.07. The molecule has 21 heavy (non-hydrogen) atoms. The molecule has 0 aliphatic rings. The highest BCUT2D eigenvalue weighted by molar-refractivity contribution is 5.92. The first-order chi connectivity index (χ1) is 10.0. The highest BCUT2D eigenvalue weighted by atomic mass is 16.5. The molecule has 0 radical (unpaired) electrons. The number of hydrogen-bond donors (Lipinski definition) is 2. The molecule has 0 saturated carbocycles. The molecule has 110 valence electrons. The summed E-state index contributed by atoms with van der Waals surface area (Å²) in [7, 11) is 1.55. The number of amides is 1. The van der Waals surface area contributed by atoms with Crippen molar-refractivity contribution >= 4 is 11.6 Å². The lowest BCUT2D eigenvalue weighted by Gasteiger charge is -2.23. The Morgan fingerprint density at radius 1 is 1.14 bits per heavy atom. The molecule has 2 aromatic carbocycles. The van der Waals surface area contributed by atoms with Crippen LogP contribution >= 0.6 is 0 Å². The van der Waals surface area contributed by atoms with E-state index in [0.717, 1.165) is 0 Å². The number of carbonyl (C=O) groups excluding carboxylic acids is 1. The predicted molar refractivity (Wildman–Crippen MR) is 82.3 cm³/mol. The van der Waals surface area contributed by atoms with Gasteiger partial charge < -0.3 is 15.2 Å². The lowest BCUT2D eigenvalue weighted by molar-refractivity contribution is -0.120. The van der Waals surface area contributed by atoms with Crippen molar-refractivity contribution < 1.29 is 14.6 Å². The van der Waals surface area contributed by atoms with E-state index in [-0.39, 0.29) is 12.3 Å². The molecule has 0 bridgehead atoms. The molecule has 2 aromatic rings. The summed E-state index contributed by atoms with van der Waals surface area (Å²) < 4.78 is 5.18. The van der Waals surface area contributed by atoms with Crippen LogP contribution in [0.15, 0.2) is 54.6 Å². The van der Waals surface area contributed by atoms with Gasteiger partial charge in [0.05, 0.1) is 24.8 Å². The zero-order chi connectivity index (χ0) is 15.3. The summed E-state index contributed by atoms with van der Waals surface area (Å²) in [6, 6.07) is 16.3. The number of rotatable bonds is 5. The summed E-state index contributed by atoms with van der Waals surface area (Å²) in [5.74, 6) is 0.318. The molecule has 0 aliphatic heterocycles. The van der Waals surface area contributed by atoms with Gasteiger partial charge in [-0.2, -0.15) is 0 Å². The van der Waals surface area contributed by atoms with Gasteiger partial charge in [-0.25, -0.2) is 0 Å². The Labute approximate surface area is 124 Å². The Balaban J connectivity index is 2.08. The van der Waals surface area contributed by atoms with E-state index in [9.17, 15) is 9.90 Å². The Kier molecular flexibility index (Phi) is 4.60. The molecule has 1 atom stereocenters. The van der Waals surface area contributed by atoms with E-state index in [1.807, 2.05) is 30.3 Å². The Morgan fingerprint density at radius 3 is 2.43 bits per heavy atom. The molecule has 1 amide bonds. The van der Waals surface area contributed by atoms with E-state index < -0.39 is 5.60 Å². The highest BCUT2D eigenvalue weighted by Gasteiger charge is 2.26. The van der Waals surface area contributed by atoms with Crippen molar-refractivity contribution in [3.63, 3.8) is 0 Å². The van der Waals surface area contributed by atoms with E-state index in [2.05, 4.69) is 5.32 Å². The highest BCUT2D eigenvalue weighted by Crippen LogP contribution is 2.27. The molecule has 4 nitrogen and oxygen atoms in total. The van der Waals surface area contributed by atoms with Gasteiger partial charge in [-0.15, -0.1) is 0 Å². The minimum Gasteiger partial charge on any atom is -0.495 e. The molecular weight excluding hydrogens is 266 g/mol. The number of nitrogens with one attached hydrogen (secondary N) is 1. The molecule has 2 N–H and O–H groups in total. The average Bonchev–Trinajstić information content (AvgIpc) is 2.48. The second kappa shape index (κ2) is 6.41. The summed E-state index contributed by atoms with van der Waals surface area (Å²) >= 11 is 0. The van der Waals surface area contributed by atoms with Crippen LogP contribution in [0, 0.1) is 0 Å². The van der Waals surface area contributed by atoms with Crippen molar-refractivity contribution in [3.05, 3.63) is 60.2 Å². The summed E-state index contributed by atoms with van der Waals surface area (Å²) in [6.07, 6.45) is -0.0327. The molecule has 0 aromatic heterocycles. The number of methoxy groups -OCH3 is 1. The lowest BCUT2D eigenvalue weighted by Crippen LogP contribution is -2.28. The number of aliphatic hydroxyl groups is 1. The molecule has 0 fully saturated rings. The monoisotopic (exact) mass is 285 g/mol. The zero-order valence-electron chi connectivity index (χ0n) is 12.2. The summed E-state index contributed by atoms with van der Waals surface area (Å²) in [4.78, 5) is 12.1. The van der Waals surface area contributed by atoms with Crippen LogP contribution in [-0.4, -0.2) is 18.1 Å². The van der Waals surface area contributed by atoms with Crippen LogP contribution in [0.3, 0.4) is 0 Å².